The van der Waals surface area contributed by atoms with Gasteiger partial charge in [0.05, 0.1) is 11.1 Å². The Hall–Kier alpha value is -2.73. The molecule has 28 heavy (non-hydrogen) atoms. The Kier molecular flexibility index (Phi) is 5.52. The number of amides is 1. The second-order valence-corrected chi connectivity index (χ2v) is 7.30. The number of nitriles is 1. The van der Waals surface area contributed by atoms with Crippen LogP contribution in [0.2, 0.25) is 0 Å². The number of alkyl halides is 3. The van der Waals surface area contributed by atoms with Gasteiger partial charge in [-0.25, -0.2) is 0 Å². The average Bonchev–Trinajstić information content (AvgIpc) is 2.65. The molecule has 4 atom stereocenters. The molecule has 0 unspecified atom stereocenters. The highest BCUT2D eigenvalue weighted by Crippen LogP contribution is 2.39. The van der Waals surface area contributed by atoms with Crippen molar-refractivity contribution in [2.45, 2.75) is 50.4 Å². The highest BCUT2D eigenvalue weighted by molar-refractivity contribution is 5.84. The fourth-order valence-corrected chi connectivity index (χ4v) is 3.91. The monoisotopic (exact) mass is 391 g/mol. The molecule has 1 aliphatic rings. The Morgan fingerprint density at radius 2 is 1.93 bits per heavy atom. The second kappa shape index (κ2) is 7.72. The lowest BCUT2D eigenvalue weighted by atomic mass is 9.75. The molecule has 1 amide bonds. The lowest BCUT2D eigenvalue weighted by Crippen LogP contribution is -2.53. The molecule has 1 heterocycles. The summed E-state index contributed by atoms with van der Waals surface area (Å²) < 4.78 is 38.1. The Bertz CT molecular complexity index is 924. The lowest BCUT2D eigenvalue weighted by Gasteiger charge is -2.35. The van der Waals surface area contributed by atoms with Crippen molar-refractivity contribution in [3.8, 4) is 6.07 Å². The summed E-state index contributed by atoms with van der Waals surface area (Å²) >= 11 is 0. The summed E-state index contributed by atoms with van der Waals surface area (Å²) in [6.07, 6.45) is 0.127. The molecule has 1 fully saturated rings. The van der Waals surface area contributed by atoms with Crippen LogP contribution in [-0.4, -0.2) is 34.1 Å². The van der Waals surface area contributed by atoms with Crippen molar-refractivity contribution in [2.75, 3.05) is 0 Å². The first-order valence-electron chi connectivity index (χ1n) is 8.97. The van der Waals surface area contributed by atoms with E-state index < -0.39 is 24.2 Å². The van der Waals surface area contributed by atoms with E-state index in [2.05, 4.69) is 21.4 Å². The minimum Gasteiger partial charge on any atom is -0.352 e. The first-order valence-corrected chi connectivity index (χ1v) is 8.97. The van der Waals surface area contributed by atoms with Crippen LogP contribution in [0.3, 0.4) is 0 Å². The van der Waals surface area contributed by atoms with Crippen LogP contribution in [0.4, 0.5) is 13.2 Å². The summed E-state index contributed by atoms with van der Waals surface area (Å²) in [5.74, 6) is -1.05. The quantitative estimate of drug-likeness (QED) is 0.837. The van der Waals surface area contributed by atoms with E-state index in [-0.39, 0.29) is 11.8 Å². The largest absolute Gasteiger partial charge is 0.412 e. The third-order valence-electron chi connectivity index (χ3n) is 5.14. The molecular formula is C19H20F3N5O. The number of hydrogen-bond donors (Lipinski definition) is 2. The Morgan fingerprint density at radius 3 is 2.57 bits per heavy atom. The number of nitrogens with one attached hydrogen (secondary N) is 1. The van der Waals surface area contributed by atoms with Crippen LogP contribution in [-0.2, 0) is 4.79 Å². The summed E-state index contributed by atoms with van der Waals surface area (Å²) in [5, 5.41) is 11.7. The molecule has 0 bridgehead atoms. The summed E-state index contributed by atoms with van der Waals surface area (Å²) in [6, 6.07) is 2.63. The molecule has 0 saturated heterocycles. The maximum Gasteiger partial charge on any atom is 0.412 e. The standard InChI is InChI=1S/C19H20F3N5O/c1-10-6-12(8-13(7-10)27-18(28)17(24)19(20,21)22)14-3-2-11(9-23)15-16(14)26-5-4-25-15/h2-5,10,12-13,17H,6-8,24H2,1H3,(H,27,28)/t10-,12-,13-,17-/m1/s1. The lowest BCUT2D eigenvalue weighted by molar-refractivity contribution is -0.163. The van der Waals surface area contributed by atoms with Crippen molar-refractivity contribution in [3.63, 3.8) is 0 Å². The van der Waals surface area contributed by atoms with Gasteiger partial charge >= 0.3 is 6.18 Å². The minimum absolute atomic E-state index is 0.0249. The number of benzene rings is 1. The molecule has 6 nitrogen and oxygen atoms in total. The zero-order chi connectivity index (χ0) is 20.5. The van der Waals surface area contributed by atoms with Crippen LogP contribution in [0.25, 0.3) is 11.0 Å². The van der Waals surface area contributed by atoms with Gasteiger partial charge in [0.1, 0.15) is 11.6 Å². The number of fused-ring (bicyclic) bond motifs is 1. The number of carbonyl (C=O) groups is 1. The molecular weight excluding hydrogens is 371 g/mol. The van der Waals surface area contributed by atoms with Crippen LogP contribution in [0.5, 0.6) is 0 Å². The predicted molar refractivity (Wildman–Crippen MR) is 96.0 cm³/mol. The topological polar surface area (TPSA) is 105 Å². The smallest absolute Gasteiger partial charge is 0.352 e. The number of nitrogens with two attached hydrogens (primary N) is 1. The second-order valence-electron chi connectivity index (χ2n) is 7.30. The van der Waals surface area contributed by atoms with E-state index in [9.17, 15) is 23.2 Å². The molecule has 1 aliphatic carbocycles. The van der Waals surface area contributed by atoms with Crippen molar-refractivity contribution < 1.29 is 18.0 Å². The Balaban J connectivity index is 1.85. The van der Waals surface area contributed by atoms with Crippen LogP contribution < -0.4 is 11.1 Å². The molecule has 1 aromatic heterocycles. The molecule has 3 N–H and O–H groups in total. The van der Waals surface area contributed by atoms with Gasteiger partial charge in [-0.3, -0.25) is 14.8 Å². The van der Waals surface area contributed by atoms with Crippen LogP contribution >= 0.6 is 0 Å². The molecule has 9 heteroatoms. The van der Waals surface area contributed by atoms with Gasteiger partial charge in [-0.05, 0) is 42.7 Å². The predicted octanol–water partition coefficient (Wildman–Crippen LogP) is 2.78. The van der Waals surface area contributed by atoms with Gasteiger partial charge in [-0.1, -0.05) is 13.0 Å². The van der Waals surface area contributed by atoms with Crippen molar-refractivity contribution in [1.29, 1.82) is 5.26 Å². The van der Waals surface area contributed by atoms with Crippen LogP contribution in [0.1, 0.15) is 43.2 Å². The van der Waals surface area contributed by atoms with E-state index in [0.29, 0.717) is 29.4 Å². The molecule has 2 aromatic rings. The molecule has 148 valence electrons. The number of aromatic nitrogens is 2. The highest BCUT2D eigenvalue weighted by Gasteiger charge is 2.43. The minimum atomic E-state index is -4.78. The first-order chi connectivity index (χ1) is 13.2. The van der Waals surface area contributed by atoms with Gasteiger partial charge in [0, 0.05) is 18.4 Å². The molecule has 1 aromatic carbocycles. The number of halogens is 3. The number of nitrogens with zero attached hydrogens (tertiary/aromatic N) is 3. The van der Waals surface area contributed by atoms with Crippen LogP contribution in [0, 0.1) is 17.2 Å². The van der Waals surface area contributed by atoms with E-state index in [1.165, 1.54) is 6.20 Å². The Labute approximate surface area is 160 Å². The van der Waals surface area contributed by atoms with E-state index in [4.69, 9.17) is 5.73 Å². The van der Waals surface area contributed by atoms with Gasteiger partial charge < -0.3 is 11.1 Å². The van der Waals surface area contributed by atoms with Crippen LogP contribution in [0.15, 0.2) is 24.5 Å². The van der Waals surface area contributed by atoms with Gasteiger partial charge in [-0.15, -0.1) is 0 Å². The maximum absolute atomic E-state index is 12.7. The van der Waals surface area contributed by atoms with Gasteiger partial charge in [-0.2, -0.15) is 18.4 Å². The van der Waals surface area contributed by atoms with Crippen molar-refractivity contribution in [1.82, 2.24) is 15.3 Å². The average molecular weight is 391 g/mol. The van der Waals surface area contributed by atoms with Gasteiger partial charge in [0.2, 0.25) is 5.91 Å². The highest BCUT2D eigenvalue weighted by atomic mass is 19.4. The van der Waals surface area contributed by atoms with Crippen molar-refractivity contribution in [3.05, 3.63) is 35.7 Å². The van der Waals surface area contributed by atoms with E-state index in [1.807, 2.05) is 13.0 Å². The summed E-state index contributed by atoms with van der Waals surface area (Å²) in [7, 11) is 0. The third-order valence-corrected chi connectivity index (χ3v) is 5.14. The molecule has 3 rings (SSSR count). The zero-order valence-electron chi connectivity index (χ0n) is 15.2. The van der Waals surface area contributed by atoms with E-state index in [1.54, 1.807) is 12.3 Å². The fraction of sp³-hybridized carbons (Fsp3) is 0.474. The fourth-order valence-electron chi connectivity index (χ4n) is 3.91. The molecule has 0 aliphatic heterocycles. The number of rotatable bonds is 3. The SMILES string of the molecule is C[C@H]1C[C@@H](NC(=O)[C@@H](N)C(F)(F)F)C[C@H](c2ccc(C#N)c3nccnc23)C1. The third kappa shape index (κ3) is 4.07. The van der Waals surface area contributed by atoms with Crippen molar-refractivity contribution >= 4 is 16.9 Å². The number of carbonyl (C=O) groups excluding carboxylic acids is 1. The van der Waals surface area contributed by atoms with Gasteiger partial charge in [0.25, 0.3) is 0 Å². The number of hydrogen-bond acceptors (Lipinski definition) is 5. The Morgan fingerprint density at radius 1 is 1.25 bits per heavy atom. The maximum atomic E-state index is 12.7. The first kappa shape index (κ1) is 20.0. The normalized spacial score (nSPS) is 23.8. The summed E-state index contributed by atoms with van der Waals surface area (Å²) in [5.41, 5.74) is 7.42. The van der Waals surface area contributed by atoms with E-state index in [0.717, 1.165) is 12.0 Å². The van der Waals surface area contributed by atoms with Gasteiger partial charge in [0.15, 0.2) is 6.04 Å². The van der Waals surface area contributed by atoms with Crippen molar-refractivity contribution in [2.24, 2.45) is 11.7 Å². The summed E-state index contributed by atoms with van der Waals surface area (Å²) in [6.45, 7) is 1.99. The summed E-state index contributed by atoms with van der Waals surface area (Å²) in [4.78, 5) is 20.5. The molecule has 0 spiro atoms. The zero-order valence-corrected chi connectivity index (χ0v) is 15.2. The van der Waals surface area contributed by atoms with E-state index >= 15 is 0 Å². The molecule has 1 saturated carbocycles. The molecule has 0 radical (unpaired) electrons.